The van der Waals surface area contributed by atoms with Crippen LogP contribution in [0, 0.1) is 23.2 Å². The lowest BCUT2D eigenvalue weighted by Crippen LogP contribution is -2.20. The van der Waals surface area contributed by atoms with Crippen molar-refractivity contribution in [1.29, 1.82) is 0 Å². The minimum absolute atomic E-state index is 0.456. The molecule has 0 rings (SSSR count). The Balaban J connectivity index is 3.88. The van der Waals surface area contributed by atoms with Gasteiger partial charge in [0.1, 0.15) is 0 Å². The quantitative estimate of drug-likeness (QED) is 0.567. The zero-order valence-corrected chi connectivity index (χ0v) is 9.91. The van der Waals surface area contributed by atoms with E-state index in [1.807, 2.05) is 0 Å². The van der Waals surface area contributed by atoms with Crippen molar-refractivity contribution in [2.24, 2.45) is 11.3 Å². The highest BCUT2D eigenvalue weighted by Gasteiger charge is 2.23. The molecule has 0 spiro atoms. The first-order chi connectivity index (χ1) is 6.04. The maximum atomic E-state index is 3.22. The number of hydrogen-bond acceptors (Lipinski definition) is 0. The topological polar surface area (TPSA) is 0 Å². The van der Waals surface area contributed by atoms with Crippen molar-refractivity contribution in [1.82, 2.24) is 0 Å². The van der Waals surface area contributed by atoms with E-state index in [9.17, 15) is 0 Å². The van der Waals surface area contributed by atoms with E-state index in [-0.39, 0.29) is 0 Å². The summed E-state index contributed by atoms with van der Waals surface area (Å²) in [5, 5.41) is 0. The van der Waals surface area contributed by atoms with Crippen LogP contribution in [0.5, 0.6) is 0 Å². The molecule has 0 aliphatic rings. The summed E-state index contributed by atoms with van der Waals surface area (Å²) in [5.74, 6) is 7.15. The lowest BCUT2D eigenvalue weighted by atomic mass is 9.75. The average Bonchev–Trinajstić information content (AvgIpc) is 2.11. The van der Waals surface area contributed by atoms with Crippen LogP contribution in [0.3, 0.4) is 0 Å². The fraction of sp³-hybridized carbons (Fsp3) is 0.846. The summed E-state index contributed by atoms with van der Waals surface area (Å²) in [6.07, 6.45) is 4.55. The predicted molar refractivity (Wildman–Crippen MR) is 60.5 cm³/mol. The Morgan fingerprint density at radius 3 is 2.23 bits per heavy atom. The first-order valence-corrected chi connectivity index (χ1v) is 5.50. The zero-order chi connectivity index (χ0) is 10.3. The van der Waals surface area contributed by atoms with Crippen LogP contribution in [-0.4, -0.2) is 0 Å². The predicted octanol–water partition coefficient (Wildman–Crippen LogP) is 4.25. The fourth-order valence-corrected chi connectivity index (χ4v) is 1.40. The van der Waals surface area contributed by atoms with Gasteiger partial charge in [-0.25, -0.2) is 0 Å². The summed E-state index contributed by atoms with van der Waals surface area (Å²) < 4.78 is 0. The Labute approximate surface area is 84.1 Å². The molecule has 0 bridgehead atoms. The Kier molecular flexibility index (Phi) is 5.88. The Bertz CT molecular complexity index is 178. The summed E-state index contributed by atoms with van der Waals surface area (Å²) in [5.41, 5.74) is 0.456. The standard InChI is InChI=1S/C13H24/c1-6-8-9-10-11-13(4,5)12(3)7-2/h12H,6-7,10-11H2,1-5H3. The molecule has 0 aromatic heterocycles. The maximum Gasteiger partial charge on any atom is 0.00938 e. The van der Waals surface area contributed by atoms with Gasteiger partial charge in [0.2, 0.25) is 0 Å². The molecule has 0 nitrogen and oxygen atoms in total. The highest BCUT2D eigenvalue weighted by molar-refractivity contribution is 4.98. The highest BCUT2D eigenvalue weighted by Crippen LogP contribution is 2.33. The van der Waals surface area contributed by atoms with Crippen molar-refractivity contribution in [3.63, 3.8) is 0 Å². The van der Waals surface area contributed by atoms with Gasteiger partial charge in [-0.3, -0.25) is 0 Å². The summed E-state index contributed by atoms with van der Waals surface area (Å²) in [6, 6.07) is 0. The lowest BCUT2D eigenvalue weighted by Gasteiger charge is -2.30. The molecule has 1 atom stereocenters. The van der Waals surface area contributed by atoms with E-state index in [1.165, 1.54) is 12.8 Å². The molecule has 1 unspecified atom stereocenters. The molecule has 0 amide bonds. The molecule has 0 N–H and O–H groups in total. The van der Waals surface area contributed by atoms with E-state index < -0.39 is 0 Å². The number of rotatable bonds is 4. The summed E-state index contributed by atoms with van der Waals surface area (Å²) in [7, 11) is 0. The molecule has 0 saturated heterocycles. The van der Waals surface area contributed by atoms with Gasteiger partial charge in [0, 0.05) is 12.8 Å². The molecule has 0 aliphatic heterocycles. The van der Waals surface area contributed by atoms with Gasteiger partial charge in [-0.15, -0.1) is 11.8 Å². The molecular formula is C13H24. The molecule has 0 heterocycles. The fourth-order valence-electron chi connectivity index (χ4n) is 1.40. The second-order valence-electron chi connectivity index (χ2n) is 4.50. The molecule has 76 valence electrons. The third-order valence-corrected chi connectivity index (χ3v) is 3.14. The maximum absolute atomic E-state index is 3.22. The molecule has 0 aromatic rings. The van der Waals surface area contributed by atoms with E-state index in [0.29, 0.717) is 5.41 Å². The molecular weight excluding hydrogens is 156 g/mol. The second-order valence-corrected chi connectivity index (χ2v) is 4.50. The smallest absolute Gasteiger partial charge is 0.00938 e. The van der Waals surface area contributed by atoms with Gasteiger partial charge >= 0.3 is 0 Å². The molecule has 13 heavy (non-hydrogen) atoms. The van der Waals surface area contributed by atoms with Gasteiger partial charge in [0.05, 0.1) is 0 Å². The Morgan fingerprint density at radius 1 is 1.15 bits per heavy atom. The van der Waals surface area contributed by atoms with E-state index in [1.54, 1.807) is 0 Å². The van der Waals surface area contributed by atoms with Crippen LogP contribution in [-0.2, 0) is 0 Å². The summed E-state index contributed by atoms with van der Waals surface area (Å²) >= 11 is 0. The first kappa shape index (κ1) is 12.6. The first-order valence-electron chi connectivity index (χ1n) is 5.50. The van der Waals surface area contributed by atoms with Crippen molar-refractivity contribution >= 4 is 0 Å². The molecule has 0 fully saturated rings. The van der Waals surface area contributed by atoms with Gasteiger partial charge in [0.25, 0.3) is 0 Å². The average molecular weight is 180 g/mol. The van der Waals surface area contributed by atoms with Crippen LogP contribution in [0.2, 0.25) is 0 Å². The van der Waals surface area contributed by atoms with E-state index >= 15 is 0 Å². The van der Waals surface area contributed by atoms with Gasteiger partial charge in [-0.2, -0.15) is 0 Å². The van der Waals surface area contributed by atoms with Gasteiger partial charge in [-0.05, 0) is 17.8 Å². The normalized spacial score (nSPS) is 13.3. The third-order valence-electron chi connectivity index (χ3n) is 3.14. The van der Waals surface area contributed by atoms with Crippen LogP contribution in [0.25, 0.3) is 0 Å². The third kappa shape index (κ3) is 4.98. The Morgan fingerprint density at radius 2 is 1.77 bits per heavy atom. The lowest BCUT2D eigenvalue weighted by molar-refractivity contribution is 0.209. The number of hydrogen-bond donors (Lipinski definition) is 0. The van der Waals surface area contributed by atoms with Crippen molar-refractivity contribution in [3.05, 3.63) is 0 Å². The monoisotopic (exact) mass is 180 g/mol. The van der Waals surface area contributed by atoms with Crippen LogP contribution in [0.4, 0.5) is 0 Å². The van der Waals surface area contributed by atoms with E-state index in [0.717, 1.165) is 18.8 Å². The molecule has 0 saturated carbocycles. The van der Waals surface area contributed by atoms with Crippen molar-refractivity contribution in [3.8, 4) is 11.8 Å². The summed E-state index contributed by atoms with van der Waals surface area (Å²) in [4.78, 5) is 0. The van der Waals surface area contributed by atoms with Crippen molar-refractivity contribution in [2.75, 3.05) is 0 Å². The SMILES string of the molecule is CCC#CCCC(C)(C)C(C)CC. The van der Waals surface area contributed by atoms with Crippen LogP contribution < -0.4 is 0 Å². The van der Waals surface area contributed by atoms with Crippen LogP contribution >= 0.6 is 0 Å². The molecule has 0 aromatic carbocycles. The van der Waals surface area contributed by atoms with E-state index in [4.69, 9.17) is 0 Å². The van der Waals surface area contributed by atoms with Gasteiger partial charge in [-0.1, -0.05) is 41.0 Å². The largest absolute Gasteiger partial charge is 0.104 e. The minimum atomic E-state index is 0.456. The van der Waals surface area contributed by atoms with Gasteiger partial charge in [0.15, 0.2) is 0 Å². The van der Waals surface area contributed by atoms with E-state index in [2.05, 4.69) is 46.5 Å². The minimum Gasteiger partial charge on any atom is -0.104 e. The van der Waals surface area contributed by atoms with Crippen LogP contribution in [0.15, 0.2) is 0 Å². The van der Waals surface area contributed by atoms with Crippen molar-refractivity contribution in [2.45, 2.75) is 60.3 Å². The highest BCUT2D eigenvalue weighted by atomic mass is 14.3. The molecule has 0 aliphatic carbocycles. The van der Waals surface area contributed by atoms with Crippen molar-refractivity contribution < 1.29 is 0 Å². The van der Waals surface area contributed by atoms with Crippen LogP contribution in [0.1, 0.15) is 60.3 Å². The zero-order valence-electron chi connectivity index (χ0n) is 9.91. The second kappa shape index (κ2) is 6.08. The summed E-state index contributed by atoms with van der Waals surface area (Å²) in [6.45, 7) is 11.4. The molecule has 0 heteroatoms. The van der Waals surface area contributed by atoms with Gasteiger partial charge < -0.3 is 0 Å². The molecule has 0 radical (unpaired) electrons. The Hall–Kier alpha value is -0.440.